The van der Waals surface area contributed by atoms with Crippen LogP contribution < -0.4 is 4.90 Å². The first-order valence-corrected chi connectivity index (χ1v) is 21.5. The lowest BCUT2D eigenvalue weighted by Gasteiger charge is -2.34. The van der Waals surface area contributed by atoms with Crippen LogP contribution in [0.25, 0.3) is 93.6 Å². The molecular weight excluding hydrogens is 753 g/mol. The second kappa shape index (κ2) is 14.7. The summed E-state index contributed by atoms with van der Waals surface area (Å²) in [5.41, 5.74) is 15.8. The molecule has 11 aromatic rings. The highest BCUT2D eigenvalue weighted by Gasteiger charge is 2.26. The van der Waals surface area contributed by atoms with Crippen molar-refractivity contribution in [1.82, 2.24) is 4.57 Å². The van der Waals surface area contributed by atoms with Gasteiger partial charge in [-0.2, -0.15) is 0 Å². The molecule has 0 spiro atoms. The van der Waals surface area contributed by atoms with Crippen LogP contribution in [0.1, 0.15) is 13.3 Å². The summed E-state index contributed by atoms with van der Waals surface area (Å²) in [5, 5.41) is 7.26. The fourth-order valence-corrected chi connectivity index (χ4v) is 9.80. The Morgan fingerprint density at radius 3 is 1.89 bits per heavy atom. The zero-order valence-corrected chi connectivity index (χ0v) is 34.4. The van der Waals surface area contributed by atoms with E-state index >= 15 is 0 Å². The van der Waals surface area contributed by atoms with Crippen molar-refractivity contribution in [3.05, 3.63) is 224 Å². The third kappa shape index (κ3) is 6.04. The molecule has 0 saturated heterocycles. The molecule has 1 unspecified atom stereocenters. The molecular formula is C59H42N2O. The number of allylic oxidation sites excluding steroid dienone is 4. The number of hydrogen-bond donors (Lipinski definition) is 0. The van der Waals surface area contributed by atoms with Gasteiger partial charge in [0.15, 0.2) is 0 Å². The van der Waals surface area contributed by atoms with Gasteiger partial charge >= 0.3 is 0 Å². The van der Waals surface area contributed by atoms with Gasteiger partial charge in [-0.05, 0) is 93.9 Å². The molecule has 0 saturated carbocycles. The Balaban J connectivity index is 1.08. The van der Waals surface area contributed by atoms with E-state index in [0.29, 0.717) is 0 Å². The van der Waals surface area contributed by atoms with Gasteiger partial charge in [0.2, 0.25) is 0 Å². The first-order chi connectivity index (χ1) is 30.6. The lowest BCUT2D eigenvalue weighted by Crippen LogP contribution is -2.21. The Morgan fingerprint density at radius 2 is 1.10 bits per heavy atom. The molecule has 3 heteroatoms. The summed E-state index contributed by atoms with van der Waals surface area (Å²) < 4.78 is 8.98. The van der Waals surface area contributed by atoms with Crippen LogP contribution in [0, 0.1) is 5.92 Å². The zero-order valence-electron chi connectivity index (χ0n) is 34.4. The summed E-state index contributed by atoms with van der Waals surface area (Å²) in [6.07, 6.45) is 5.75. The number of para-hydroxylation sites is 4. The van der Waals surface area contributed by atoms with E-state index in [0.717, 1.165) is 50.9 Å². The number of furan rings is 1. The van der Waals surface area contributed by atoms with E-state index in [1.54, 1.807) is 0 Å². The Bertz CT molecular complexity index is 3510. The third-order valence-corrected chi connectivity index (χ3v) is 12.7. The molecule has 1 aliphatic carbocycles. The first-order valence-electron chi connectivity index (χ1n) is 21.5. The second-order valence-electron chi connectivity index (χ2n) is 16.6. The fraction of sp³-hybridized carbons (Fsp3) is 0.0508. The standard InChI is InChI=1S/C59H42N2O/c1-39-34-47(38-48(35-39)61-55-23-10-7-18-51(55)52-19-8-11-24-56(52)61)60(46-31-28-42(29-32-46)50-21-13-22-54-53-20-9-12-25-58(53)62-59(50)54)57-37-45(30-33-49(57)41-15-3-2-4-16-41)44-27-26-40-14-5-6-17-43(40)36-44/h2-33,35-39H,34H2,1H3. The molecule has 0 fully saturated rings. The molecule has 3 nitrogen and oxygen atoms in total. The molecule has 1 atom stereocenters. The highest BCUT2D eigenvalue weighted by Crippen LogP contribution is 2.45. The minimum Gasteiger partial charge on any atom is -0.455 e. The molecule has 0 radical (unpaired) electrons. The number of nitrogens with zero attached hydrogens (tertiary/aromatic N) is 2. The van der Waals surface area contributed by atoms with Gasteiger partial charge in [0, 0.05) is 49.8 Å². The highest BCUT2D eigenvalue weighted by molar-refractivity contribution is 6.11. The predicted octanol–water partition coefficient (Wildman–Crippen LogP) is 16.5. The van der Waals surface area contributed by atoms with Crippen LogP contribution in [0.2, 0.25) is 0 Å². The Labute approximate surface area is 360 Å². The van der Waals surface area contributed by atoms with Crippen LogP contribution in [0.4, 0.5) is 11.4 Å². The SMILES string of the molecule is CC1C=C(n2c3ccccc3c3ccccc32)C=C(N(c2ccc(-c3cccc4c3oc3ccccc34)cc2)c2cc(-c3ccc4ccccc4c3)ccc2-c2ccccc2)C1. The summed E-state index contributed by atoms with van der Waals surface area (Å²) in [7, 11) is 0. The molecule has 12 rings (SSSR count). The molecule has 0 N–H and O–H groups in total. The summed E-state index contributed by atoms with van der Waals surface area (Å²) in [6, 6.07) is 74.7. The van der Waals surface area contributed by atoms with Crippen molar-refractivity contribution < 1.29 is 4.42 Å². The van der Waals surface area contributed by atoms with Gasteiger partial charge in [-0.25, -0.2) is 0 Å². The highest BCUT2D eigenvalue weighted by atomic mass is 16.3. The van der Waals surface area contributed by atoms with Crippen molar-refractivity contribution in [3.63, 3.8) is 0 Å². The molecule has 294 valence electrons. The summed E-state index contributed by atoms with van der Waals surface area (Å²) in [6.45, 7) is 2.35. The number of hydrogen-bond acceptors (Lipinski definition) is 2. The molecule has 62 heavy (non-hydrogen) atoms. The van der Waals surface area contributed by atoms with Crippen LogP contribution in [0.15, 0.2) is 229 Å². The van der Waals surface area contributed by atoms with E-state index in [9.17, 15) is 0 Å². The van der Waals surface area contributed by atoms with Crippen molar-refractivity contribution in [2.75, 3.05) is 4.90 Å². The predicted molar refractivity (Wildman–Crippen MR) is 262 cm³/mol. The second-order valence-corrected chi connectivity index (χ2v) is 16.6. The van der Waals surface area contributed by atoms with Gasteiger partial charge in [0.05, 0.1) is 16.7 Å². The number of anilines is 2. The van der Waals surface area contributed by atoms with Crippen LogP contribution in [-0.4, -0.2) is 4.57 Å². The molecule has 2 heterocycles. The van der Waals surface area contributed by atoms with Crippen molar-refractivity contribution in [2.45, 2.75) is 13.3 Å². The van der Waals surface area contributed by atoms with E-state index in [2.05, 4.69) is 229 Å². The van der Waals surface area contributed by atoms with E-state index < -0.39 is 0 Å². The quantitative estimate of drug-likeness (QED) is 0.160. The van der Waals surface area contributed by atoms with E-state index in [1.165, 1.54) is 66.2 Å². The average molecular weight is 795 g/mol. The van der Waals surface area contributed by atoms with Gasteiger partial charge in [-0.15, -0.1) is 0 Å². The summed E-state index contributed by atoms with van der Waals surface area (Å²) >= 11 is 0. The van der Waals surface area contributed by atoms with Gasteiger partial charge < -0.3 is 13.9 Å². The van der Waals surface area contributed by atoms with Gasteiger partial charge in [-0.1, -0.05) is 177 Å². The molecule has 2 aromatic heterocycles. The van der Waals surface area contributed by atoms with E-state index in [1.807, 2.05) is 6.07 Å². The molecule has 0 aliphatic heterocycles. The fourth-order valence-electron chi connectivity index (χ4n) is 9.80. The van der Waals surface area contributed by atoms with Gasteiger partial charge in [0.1, 0.15) is 11.2 Å². The number of rotatable bonds is 7. The number of aromatic nitrogens is 1. The van der Waals surface area contributed by atoms with Gasteiger partial charge in [0.25, 0.3) is 0 Å². The zero-order chi connectivity index (χ0) is 41.1. The summed E-state index contributed by atoms with van der Waals surface area (Å²) in [4.78, 5) is 2.52. The maximum atomic E-state index is 6.52. The van der Waals surface area contributed by atoms with Crippen LogP contribution in [-0.2, 0) is 0 Å². The monoisotopic (exact) mass is 794 g/mol. The minimum absolute atomic E-state index is 0.279. The smallest absolute Gasteiger partial charge is 0.143 e. The average Bonchev–Trinajstić information content (AvgIpc) is 3.88. The topological polar surface area (TPSA) is 21.3 Å². The van der Waals surface area contributed by atoms with Crippen LogP contribution in [0.3, 0.4) is 0 Å². The normalized spacial score (nSPS) is 14.2. The molecule has 1 aliphatic rings. The number of fused-ring (bicyclic) bond motifs is 7. The van der Waals surface area contributed by atoms with E-state index in [-0.39, 0.29) is 5.92 Å². The maximum Gasteiger partial charge on any atom is 0.143 e. The van der Waals surface area contributed by atoms with Crippen molar-refractivity contribution in [1.29, 1.82) is 0 Å². The van der Waals surface area contributed by atoms with E-state index in [4.69, 9.17) is 4.42 Å². The summed E-state index contributed by atoms with van der Waals surface area (Å²) in [5.74, 6) is 0.279. The Hall–Kier alpha value is -7.88. The minimum atomic E-state index is 0.279. The number of benzene rings is 9. The van der Waals surface area contributed by atoms with Crippen LogP contribution >= 0.6 is 0 Å². The Morgan fingerprint density at radius 1 is 0.484 bits per heavy atom. The first kappa shape index (κ1) is 36.0. The van der Waals surface area contributed by atoms with Crippen molar-refractivity contribution >= 4 is 71.6 Å². The molecule has 9 aromatic carbocycles. The molecule has 0 amide bonds. The van der Waals surface area contributed by atoms with Crippen molar-refractivity contribution in [3.8, 4) is 33.4 Å². The lowest BCUT2D eigenvalue weighted by molar-refractivity contribution is 0.670. The maximum absolute atomic E-state index is 6.52. The largest absolute Gasteiger partial charge is 0.455 e. The Kier molecular flexibility index (Phi) is 8.53. The lowest BCUT2D eigenvalue weighted by atomic mass is 9.93. The molecule has 0 bridgehead atoms. The van der Waals surface area contributed by atoms with Crippen molar-refractivity contribution in [2.24, 2.45) is 5.92 Å². The third-order valence-electron chi connectivity index (χ3n) is 12.7. The van der Waals surface area contributed by atoms with Gasteiger partial charge in [-0.3, -0.25) is 0 Å². The van der Waals surface area contributed by atoms with Crippen LogP contribution in [0.5, 0.6) is 0 Å².